The van der Waals surface area contributed by atoms with Crippen molar-refractivity contribution < 1.29 is 19.1 Å². The number of carbonyl (C=O) groups excluding carboxylic acids is 3. The minimum atomic E-state index is -0.662. The van der Waals surface area contributed by atoms with Crippen molar-refractivity contribution in [3.63, 3.8) is 0 Å². The quantitative estimate of drug-likeness (QED) is 0.749. The molecule has 1 heterocycles. The Morgan fingerprint density at radius 3 is 2.48 bits per heavy atom. The first kappa shape index (κ1) is 16.7. The van der Waals surface area contributed by atoms with Gasteiger partial charge in [0.15, 0.2) is 6.61 Å². The Morgan fingerprint density at radius 1 is 1.00 bits per heavy atom. The van der Waals surface area contributed by atoms with Crippen LogP contribution in [0.15, 0.2) is 47.8 Å². The highest BCUT2D eigenvalue weighted by atomic mass is 32.1. The third kappa shape index (κ3) is 5.91. The van der Waals surface area contributed by atoms with Crippen LogP contribution in [0.5, 0.6) is 0 Å². The average molecular weight is 332 g/mol. The normalized spacial score (nSPS) is 9.91. The van der Waals surface area contributed by atoms with Crippen molar-refractivity contribution in [2.24, 2.45) is 0 Å². The van der Waals surface area contributed by atoms with Gasteiger partial charge in [-0.05, 0) is 17.0 Å². The molecular formula is C16H16N2O4S. The molecule has 2 amide bonds. The topological polar surface area (TPSA) is 84.5 Å². The van der Waals surface area contributed by atoms with E-state index < -0.39 is 11.9 Å². The first-order chi connectivity index (χ1) is 11.1. The second-order valence-electron chi connectivity index (χ2n) is 4.58. The van der Waals surface area contributed by atoms with Crippen molar-refractivity contribution in [1.29, 1.82) is 0 Å². The lowest BCUT2D eigenvalue weighted by Gasteiger charge is -2.07. The SMILES string of the molecule is O=C(COC(=O)CNC(=O)c1cccs1)NCc1ccccc1. The van der Waals surface area contributed by atoms with Gasteiger partial charge in [0.05, 0.1) is 4.88 Å². The number of esters is 1. The summed E-state index contributed by atoms with van der Waals surface area (Å²) < 4.78 is 4.80. The van der Waals surface area contributed by atoms with Crippen molar-refractivity contribution in [1.82, 2.24) is 10.6 Å². The number of ether oxygens (including phenoxy) is 1. The zero-order valence-corrected chi connectivity index (χ0v) is 13.1. The van der Waals surface area contributed by atoms with E-state index in [0.29, 0.717) is 11.4 Å². The number of amides is 2. The van der Waals surface area contributed by atoms with E-state index in [0.717, 1.165) is 5.56 Å². The molecule has 0 spiro atoms. The molecule has 120 valence electrons. The maximum Gasteiger partial charge on any atom is 0.325 e. The lowest BCUT2D eigenvalue weighted by atomic mass is 10.2. The maximum absolute atomic E-state index is 11.6. The zero-order chi connectivity index (χ0) is 16.5. The van der Waals surface area contributed by atoms with Gasteiger partial charge in [-0.1, -0.05) is 36.4 Å². The fraction of sp³-hybridized carbons (Fsp3) is 0.188. The number of rotatable bonds is 7. The predicted molar refractivity (Wildman–Crippen MR) is 85.9 cm³/mol. The summed E-state index contributed by atoms with van der Waals surface area (Å²) in [6.45, 7) is -0.282. The molecule has 0 unspecified atom stereocenters. The molecule has 6 nitrogen and oxygen atoms in total. The van der Waals surface area contributed by atoms with Gasteiger partial charge >= 0.3 is 5.97 Å². The van der Waals surface area contributed by atoms with Crippen LogP contribution in [0.1, 0.15) is 15.2 Å². The molecule has 0 atom stereocenters. The van der Waals surface area contributed by atoms with Crippen molar-refractivity contribution in [2.45, 2.75) is 6.54 Å². The molecule has 23 heavy (non-hydrogen) atoms. The van der Waals surface area contributed by atoms with Crippen LogP contribution < -0.4 is 10.6 Å². The molecule has 7 heteroatoms. The van der Waals surface area contributed by atoms with Crippen LogP contribution >= 0.6 is 11.3 Å². The fourth-order valence-electron chi connectivity index (χ4n) is 1.69. The van der Waals surface area contributed by atoms with Crippen molar-refractivity contribution in [2.75, 3.05) is 13.2 Å². The Labute approximate surface area is 137 Å². The van der Waals surface area contributed by atoms with E-state index in [-0.39, 0.29) is 19.1 Å². The third-order valence-electron chi connectivity index (χ3n) is 2.84. The molecule has 2 N–H and O–H groups in total. The molecule has 1 aromatic heterocycles. The van der Waals surface area contributed by atoms with E-state index in [4.69, 9.17) is 4.74 Å². The third-order valence-corrected chi connectivity index (χ3v) is 3.70. The monoisotopic (exact) mass is 332 g/mol. The Bertz CT molecular complexity index is 656. The number of hydrogen-bond donors (Lipinski definition) is 2. The van der Waals surface area contributed by atoms with Crippen molar-refractivity contribution >= 4 is 29.1 Å². The van der Waals surface area contributed by atoms with Gasteiger partial charge < -0.3 is 15.4 Å². The van der Waals surface area contributed by atoms with E-state index in [9.17, 15) is 14.4 Å². The summed E-state index contributed by atoms with van der Waals surface area (Å²) in [6.07, 6.45) is 0. The van der Waals surface area contributed by atoms with Gasteiger partial charge in [0.2, 0.25) is 0 Å². The summed E-state index contributed by atoms with van der Waals surface area (Å²) in [5.74, 6) is -1.40. The highest BCUT2D eigenvalue weighted by Crippen LogP contribution is 2.07. The summed E-state index contributed by atoms with van der Waals surface area (Å²) in [4.78, 5) is 35.2. The minimum Gasteiger partial charge on any atom is -0.454 e. The van der Waals surface area contributed by atoms with Crippen LogP contribution in [-0.2, 0) is 20.9 Å². The first-order valence-electron chi connectivity index (χ1n) is 6.93. The summed E-state index contributed by atoms with van der Waals surface area (Å²) in [6, 6.07) is 12.8. The van der Waals surface area contributed by atoms with E-state index >= 15 is 0 Å². The molecule has 0 radical (unpaired) electrons. The van der Waals surface area contributed by atoms with Crippen LogP contribution in [0.25, 0.3) is 0 Å². The minimum absolute atomic E-state index is 0.275. The highest BCUT2D eigenvalue weighted by molar-refractivity contribution is 7.12. The molecule has 0 aliphatic rings. The zero-order valence-electron chi connectivity index (χ0n) is 12.3. The Kier molecular flexibility index (Phi) is 6.31. The van der Waals surface area contributed by atoms with E-state index in [2.05, 4.69) is 10.6 Å². The molecular weight excluding hydrogens is 316 g/mol. The number of carbonyl (C=O) groups is 3. The molecule has 1 aromatic carbocycles. The number of hydrogen-bond acceptors (Lipinski definition) is 5. The lowest BCUT2D eigenvalue weighted by molar-refractivity contribution is -0.147. The molecule has 2 aromatic rings. The highest BCUT2D eigenvalue weighted by Gasteiger charge is 2.11. The molecule has 0 fully saturated rings. The van der Waals surface area contributed by atoms with Gasteiger partial charge in [-0.2, -0.15) is 0 Å². The van der Waals surface area contributed by atoms with E-state index in [1.54, 1.807) is 17.5 Å². The Morgan fingerprint density at radius 2 is 1.78 bits per heavy atom. The average Bonchev–Trinajstić information content (AvgIpc) is 3.11. The second-order valence-corrected chi connectivity index (χ2v) is 5.53. The van der Waals surface area contributed by atoms with Gasteiger partial charge in [-0.25, -0.2) is 0 Å². The largest absolute Gasteiger partial charge is 0.454 e. The van der Waals surface area contributed by atoms with Gasteiger partial charge in [-0.15, -0.1) is 11.3 Å². The maximum atomic E-state index is 11.6. The molecule has 0 saturated heterocycles. The molecule has 2 rings (SSSR count). The number of nitrogens with one attached hydrogen (secondary N) is 2. The van der Waals surface area contributed by atoms with Crippen LogP contribution in [0, 0.1) is 0 Å². The van der Waals surface area contributed by atoms with Crippen molar-refractivity contribution in [3.05, 3.63) is 58.3 Å². The van der Waals surface area contributed by atoms with Crippen LogP contribution in [0.4, 0.5) is 0 Å². The molecule has 0 aliphatic heterocycles. The number of benzene rings is 1. The standard InChI is InChI=1S/C16H16N2O4S/c19-14(17-9-12-5-2-1-3-6-12)11-22-15(20)10-18-16(21)13-7-4-8-23-13/h1-8H,9-11H2,(H,17,19)(H,18,21). The van der Waals surface area contributed by atoms with Crippen LogP contribution in [0.3, 0.4) is 0 Å². The first-order valence-corrected chi connectivity index (χ1v) is 7.81. The molecule has 0 saturated carbocycles. The van der Waals surface area contributed by atoms with Gasteiger partial charge in [-0.3, -0.25) is 14.4 Å². The molecule has 0 aliphatic carbocycles. The fourth-order valence-corrected chi connectivity index (χ4v) is 2.33. The van der Waals surface area contributed by atoms with Crippen LogP contribution in [-0.4, -0.2) is 30.9 Å². The van der Waals surface area contributed by atoms with Crippen molar-refractivity contribution in [3.8, 4) is 0 Å². The van der Waals surface area contributed by atoms with Gasteiger partial charge in [0.1, 0.15) is 6.54 Å². The van der Waals surface area contributed by atoms with Crippen LogP contribution in [0.2, 0.25) is 0 Å². The summed E-state index contributed by atoms with van der Waals surface area (Å²) in [5, 5.41) is 6.84. The molecule has 0 bridgehead atoms. The summed E-state index contributed by atoms with van der Waals surface area (Å²) in [7, 11) is 0. The van der Waals surface area contributed by atoms with Gasteiger partial charge in [0, 0.05) is 6.54 Å². The summed E-state index contributed by atoms with van der Waals surface area (Å²) >= 11 is 1.28. The summed E-state index contributed by atoms with van der Waals surface area (Å²) in [5.41, 5.74) is 0.954. The van der Waals surface area contributed by atoms with E-state index in [1.165, 1.54) is 11.3 Å². The Balaban J connectivity index is 1.62. The smallest absolute Gasteiger partial charge is 0.325 e. The van der Waals surface area contributed by atoms with E-state index in [1.807, 2.05) is 30.3 Å². The number of thiophene rings is 1. The second kappa shape index (κ2) is 8.70. The lowest BCUT2D eigenvalue weighted by Crippen LogP contribution is -2.33. The van der Waals surface area contributed by atoms with Gasteiger partial charge in [0.25, 0.3) is 11.8 Å². The predicted octanol–water partition coefficient (Wildman–Crippen LogP) is 1.34. The Hall–Kier alpha value is -2.67.